The highest BCUT2D eigenvalue weighted by Crippen LogP contribution is 2.23. The molecule has 0 saturated heterocycles. The Morgan fingerprint density at radius 3 is 2.88 bits per heavy atom. The highest BCUT2D eigenvalue weighted by atomic mass is 79.9. The van der Waals surface area contributed by atoms with E-state index in [-0.39, 0.29) is 4.87 Å². The van der Waals surface area contributed by atoms with Crippen LogP contribution in [-0.2, 0) is 13.1 Å². The van der Waals surface area contributed by atoms with Crippen LogP contribution in [0.3, 0.4) is 0 Å². The van der Waals surface area contributed by atoms with Crippen LogP contribution < -0.4 is 10.2 Å². The zero-order chi connectivity index (χ0) is 12.3. The summed E-state index contributed by atoms with van der Waals surface area (Å²) in [6, 6.07) is 5.80. The van der Waals surface area contributed by atoms with E-state index in [1.54, 1.807) is 0 Å². The van der Waals surface area contributed by atoms with Crippen molar-refractivity contribution in [2.45, 2.75) is 13.1 Å². The molecule has 0 fully saturated rings. The maximum absolute atomic E-state index is 10.9. The Morgan fingerprint density at radius 2 is 2.24 bits per heavy atom. The van der Waals surface area contributed by atoms with Crippen LogP contribution >= 0.6 is 38.9 Å². The van der Waals surface area contributed by atoms with Crippen LogP contribution in [-0.4, -0.2) is 4.98 Å². The molecular formula is C11H10BrClN2OS. The van der Waals surface area contributed by atoms with E-state index in [1.165, 1.54) is 11.3 Å². The lowest BCUT2D eigenvalue weighted by molar-refractivity contribution is 0.681. The van der Waals surface area contributed by atoms with Gasteiger partial charge in [-0.15, -0.1) is 0 Å². The molecule has 0 aliphatic carbocycles. The second-order valence-corrected chi connectivity index (χ2v) is 5.63. The molecule has 0 aliphatic rings. The van der Waals surface area contributed by atoms with Crippen LogP contribution in [0.2, 0.25) is 5.02 Å². The summed E-state index contributed by atoms with van der Waals surface area (Å²) in [7, 11) is 0. The molecule has 0 saturated carbocycles. The Labute approximate surface area is 116 Å². The van der Waals surface area contributed by atoms with Crippen LogP contribution in [0.4, 0.5) is 0 Å². The van der Waals surface area contributed by atoms with Gasteiger partial charge in [0.1, 0.15) is 0 Å². The average Bonchev–Trinajstić information content (AvgIpc) is 2.70. The fourth-order valence-electron chi connectivity index (χ4n) is 1.39. The first-order valence-corrected chi connectivity index (χ1v) is 7.01. The van der Waals surface area contributed by atoms with Crippen molar-refractivity contribution in [3.63, 3.8) is 0 Å². The molecule has 0 amide bonds. The number of hydrogen-bond acceptors (Lipinski definition) is 3. The Hall–Kier alpha value is -0.620. The molecule has 2 aromatic rings. The summed E-state index contributed by atoms with van der Waals surface area (Å²) in [5.74, 6) is 0. The summed E-state index contributed by atoms with van der Waals surface area (Å²) in [4.78, 5) is 13.7. The van der Waals surface area contributed by atoms with E-state index < -0.39 is 0 Å². The van der Waals surface area contributed by atoms with E-state index in [0.29, 0.717) is 11.6 Å². The predicted octanol–water partition coefficient (Wildman–Crippen LogP) is 3.14. The van der Waals surface area contributed by atoms with Gasteiger partial charge in [0.2, 0.25) is 0 Å². The second-order valence-electron chi connectivity index (χ2n) is 3.53. The molecule has 0 unspecified atom stereocenters. The third-order valence-electron chi connectivity index (χ3n) is 2.20. The van der Waals surface area contributed by atoms with Crippen molar-refractivity contribution in [2.24, 2.45) is 0 Å². The first-order chi connectivity index (χ1) is 8.15. The maximum Gasteiger partial charge on any atom is 0.304 e. The van der Waals surface area contributed by atoms with Crippen molar-refractivity contribution in [1.82, 2.24) is 10.3 Å². The van der Waals surface area contributed by atoms with Gasteiger partial charge in [-0.05, 0) is 33.6 Å². The van der Waals surface area contributed by atoms with Crippen molar-refractivity contribution in [3.8, 4) is 0 Å². The zero-order valence-corrected chi connectivity index (χ0v) is 12.0. The number of thiazole rings is 1. The Kier molecular flexibility index (Phi) is 4.39. The normalized spacial score (nSPS) is 10.7. The summed E-state index contributed by atoms with van der Waals surface area (Å²) in [6.45, 7) is 1.38. The highest BCUT2D eigenvalue weighted by molar-refractivity contribution is 9.10. The summed E-state index contributed by atoms with van der Waals surface area (Å²) < 4.78 is 0.891. The minimum Gasteiger partial charge on any atom is -0.315 e. The lowest BCUT2D eigenvalue weighted by Gasteiger charge is -2.04. The van der Waals surface area contributed by atoms with Crippen molar-refractivity contribution < 1.29 is 0 Å². The Balaban J connectivity index is 1.89. The molecule has 6 heteroatoms. The standard InChI is InChI=1S/C11H10BrClN2OS/c12-9-3-7(1-2-10(9)13)4-14-5-8-6-17-11(16)15-8/h1-3,6,14H,4-5H2,(H,15,16). The van der Waals surface area contributed by atoms with Crippen molar-refractivity contribution in [1.29, 1.82) is 0 Å². The topological polar surface area (TPSA) is 44.9 Å². The third kappa shape index (κ3) is 3.67. The molecule has 90 valence electrons. The number of hydrogen-bond donors (Lipinski definition) is 2. The number of nitrogens with one attached hydrogen (secondary N) is 2. The molecule has 1 heterocycles. The fourth-order valence-corrected chi connectivity index (χ4v) is 2.52. The van der Waals surface area contributed by atoms with E-state index >= 15 is 0 Å². The number of aromatic amines is 1. The smallest absolute Gasteiger partial charge is 0.304 e. The molecule has 0 atom stereocenters. The molecule has 2 N–H and O–H groups in total. The van der Waals surface area contributed by atoms with E-state index in [2.05, 4.69) is 26.2 Å². The van der Waals surface area contributed by atoms with Crippen LogP contribution in [0, 0.1) is 0 Å². The number of aromatic nitrogens is 1. The molecule has 17 heavy (non-hydrogen) atoms. The SMILES string of the molecule is O=c1[nH]c(CNCc2ccc(Cl)c(Br)c2)cs1. The molecule has 3 nitrogen and oxygen atoms in total. The lowest BCUT2D eigenvalue weighted by Crippen LogP contribution is -2.13. The Bertz CT molecular complexity index is 567. The molecule has 2 rings (SSSR count). The largest absolute Gasteiger partial charge is 0.315 e. The monoisotopic (exact) mass is 332 g/mol. The van der Waals surface area contributed by atoms with Gasteiger partial charge in [0.25, 0.3) is 0 Å². The summed E-state index contributed by atoms with van der Waals surface area (Å²) in [5.41, 5.74) is 2.05. The lowest BCUT2D eigenvalue weighted by atomic mass is 10.2. The average molecular weight is 334 g/mol. The van der Waals surface area contributed by atoms with Crippen LogP contribution in [0.1, 0.15) is 11.3 Å². The summed E-state index contributed by atoms with van der Waals surface area (Å²) in [5, 5.41) is 5.78. The van der Waals surface area contributed by atoms with Gasteiger partial charge in [-0.25, -0.2) is 0 Å². The second kappa shape index (κ2) is 5.82. The van der Waals surface area contributed by atoms with E-state index in [4.69, 9.17) is 11.6 Å². The first-order valence-electron chi connectivity index (χ1n) is 4.96. The summed E-state index contributed by atoms with van der Waals surface area (Å²) in [6.07, 6.45) is 0. The van der Waals surface area contributed by atoms with Gasteiger partial charge in [0.05, 0.1) is 5.02 Å². The van der Waals surface area contributed by atoms with Gasteiger partial charge >= 0.3 is 4.87 Å². The quantitative estimate of drug-likeness (QED) is 0.903. The molecular weight excluding hydrogens is 324 g/mol. The van der Waals surface area contributed by atoms with Gasteiger partial charge in [0.15, 0.2) is 0 Å². The molecule has 1 aromatic carbocycles. The Morgan fingerprint density at radius 1 is 1.41 bits per heavy atom. The number of halogens is 2. The zero-order valence-electron chi connectivity index (χ0n) is 8.80. The number of H-pyrrole nitrogens is 1. The van der Waals surface area contributed by atoms with Crippen molar-refractivity contribution in [3.05, 3.63) is 54.0 Å². The van der Waals surface area contributed by atoms with Crippen molar-refractivity contribution >= 4 is 38.9 Å². The highest BCUT2D eigenvalue weighted by Gasteiger charge is 2.00. The van der Waals surface area contributed by atoms with Crippen LogP contribution in [0.5, 0.6) is 0 Å². The van der Waals surface area contributed by atoms with Gasteiger partial charge < -0.3 is 10.3 Å². The predicted molar refractivity (Wildman–Crippen MR) is 74.6 cm³/mol. The van der Waals surface area contributed by atoms with E-state index in [9.17, 15) is 4.79 Å². The fraction of sp³-hybridized carbons (Fsp3) is 0.182. The molecule has 0 radical (unpaired) electrons. The number of benzene rings is 1. The molecule has 0 aliphatic heterocycles. The van der Waals surface area contributed by atoms with Gasteiger partial charge in [-0.2, -0.15) is 0 Å². The summed E-state index contributed by atoms with van der Waals surface area (Å²) >= 11 is 10.5. The van der Waals surface area contributed by atoms with Gasteiger partial charge in [-0.3, -0.25) is 4.79 Å². The number of rotatable bonds is 4. The molecule has 0 spiro atoms. The minimum atomic E-state index is -0.0176. The van der Waals surface area contributed by atoms with Crippen molar-refractivity contribution in [2.75, 3.05) is 0 Å². The minimum absolute atomic E-state index is 0.0176. The van der Waals surface area contributed by atoms with E-state index in [0.717, 1.165) is 22.3 Å². The van der Waals surface area contributed by atoms with E-state index in [1.807, 2.05) is 23.6 Å². The maximum atomic E-state index is 10.9. The molecule has 0 bridgehead atoms. The van der Waals surface area contributed by atoms with Crippen LogP contribution in [0.25, 0.3) is 0 Å². The van der Waals surface area contributed by atoms with Gasteiger partial charge in [-0.1, -0.05) is 29.0 Å². The van der Waals surface area contributed by atoms with Gasteiger partial charge in [0, 0.05) is 28.6 Å². The first kappa shape index (κ1) is 12.8. The third-order valence-corrected chi connectivity index (χ3v) is 4.13. The molecule has 1 aromatic heterocycles. The van der Waals surface area contributed by atoms with Crippen LogP contribution in [0.15, 0.2) is 32.8 Å².